The average molecular weight is 331 g/mol. The number of sulfonamides is 1. The van der Waals surface area contributed by atoms with E-state index in [0.717, 1.165) is 16.6 Å². The normalized spacial score (nSPS) is 22.0. The molecule has 122 valence electrons. The predicted octanol–water partition coefficient (Wildman–Crippen LogP) is -0.143. The van der Waals surface area contributed by atoms with Crippen molar-refractivity contribution in [1.82, 2.24) is 14.6 Å². The van der Waals surface area contributed by atoms with Crippen LogP contribution in [0, 0.1) is 11.7 Å². The molecule has 1 aromatic heterocycles. The lowest BCUT2D eigenvalue weighted by Gasteiger charge is -2.21. The van der Waals surface area contributed by atoms with Crippen LogP contribution in [0.4, 0.5) is 4.39 Å². The number of nitrogens with zero attached hydrogens (tertiary/aromatic N) is 2. The first kappa shape index (κ1) is 16.8. The number of carbonyl (C=O) groups is 1. The number of nitrogens with one attached hydrogen (secondary N) is 1. The molecule has 1 amide bonds. The highest BCUT2D eigenvalue weighted by molar-refractivity contribution is 7.89. The summed E-state index contributed by atoms with van der Waals surface area (Å²) in [6, 6.07) is 0.634. The SMILES string of the molecule is CN(C)S(=O)(=O)C[C@@H]1COC[C@@H]1NC(=O)c1cncc(F)c1. The molecule has 9 heteroatoms. The second-order valence-corrected chi connectivity index (χ2v) is 7.56. The molecule has 0 bridgehead atoms. The van der Waals surface area contributed by atoms with Gasteiger partial charge in [0.15, 0.2) is 0 Å². The van der Waals surface area contributed by atoms with Crippen LogP contribution in [0.5, 0.6) is 0 Å². The van der Waals surface area contributed by atoms with Crippen LogP contribution < -0.4 is 5.32 Å². The molecule has 0 saturated carbocycles. The summed E-state index contributed by atoms with van der Waals surface area (Å²) in [6.45, 7) is 0.474. The second kappa shape index (κ2) is 6.67. The van der Waals surface area contributed by atoms with Crippen molar-refractivity contribution in [3.63, 3.8) is 0 Å². The van der Waals surface area contributed by atoms with Crippen molar-refractivity contribution in [2.45, 2.75) is 6.04 Å². The van der Waals surface area contributed by atoms with Gasteiger partial charge in [-0.2, -0.15) is 0 Å². The Morgan fingerprint density at radius 1 is 1.45 bits per heavy atom. The molecule has 0 radical (unpaired) electrons. The van der Waals surface area contributed by atoms with E-state index in [-0.39, 0.29) is 30.4 Å². The minimum absolute atomic E-state index is 0.0844. The van der Waals surface area contributed by atoms with Crippen molar-refractivity contribution < 1.29 is 22.3 Å². The van der Waals surface area contributed by atoms with E-state index in [0.29, 0.717) is 0 Å². The molecule has 1 aromatic rings. The van der Waals surface area contributed by atoms with Crippen molar-refractivity contribution in [1.29, 1.82) is 0 Å². The maximum atomic E-state index is 13.1. The van der Waals surface area contributed by atoms with Crippen molar-refractivity contribution in [2.24, 2.45) is 5.92 Å². The number of ether oxygens (including phenoxy) is 1. The largest absolute Gasteiger partial charge is 0.379 e. The standard InChI is InChI=1S/C13H18FN3O4S/c1-17(2)22(19,20)8-10-6-21-7-12(10)16-13(18)9-3-11(14)5-15-4-9/h3-5,10,12H,6-8H2,1-2H3,(H,16,18)/t10-,12-/m0/s1. The van der Waals surface area contributed by atoms with Gasteiger partial charge in [0.2, 0.25) is 10.0 Å². The van der Waals surface area contributed by atoms with Gasteiger partial charge in [-0.15, -0.1) is 0 Å². The molecule has 1 N–H and O–H groups in total. The quantitative estimate of drug-likeness (QED) is 0.811. The van der Waals surface area contributed by atoms with Gasteiger partial charge in [-0.3, -0.25) is 9.78 Å². The van der Waals surface area contributed by atoms with E-state index >= 15 is 0 Å². The van der Waals surface area contributed by atoms with Crippen molar-refractivity contribution >= 4 is 15.9 Å². The topological polar surface area (TPSA) is 88.6 Å². The number of hydrogen-bond acceptors (Lipinski definition) is 5. The number of rotatable bonds is 5. The highest BCUT2D eigenvalue weighted by atomic mass is 32.2. The van der Waals surface area contributed by atoms with Crippen LogP contribution in [0.2, 0.25) is 0 Å². The van der Waals surface area contributed by atoms with Gasteiger partial charge in [0.25, 0.3) is 5.91 Å². The van der Waals surface area contributed by atoms with Gasteiger partial charge in [-0.25, -0.2) is 17.1 Å². The van der Waals surface area contributed by atoms with E-state index in [1.54, 1.807) is 0 Å². The van der Waals surface area contributed by atoms with Crippen LogP contribution in [-0.4, -0.2) is 62.7 Å². The third-order valence-corrected chi connectivity index (χ3v) is 5.43. The van der Waals surface area contributed by atoms with Gasteiger partial charge in [-0.05, 0) is 6.07 Å². The minimum atomic E-state index is -3.39. The fraction of sp³-hybridized carbons (Fsp3) is 0.538. The lowest BCUT2D eigenvalue weighted by molar-refractivity contribution is 0.0925. The van der Waals surface area contributed by atoms with Gasteiger partial charge in [0.1, 0.15) is 5.82 Å². The first-order valence-corrected chi connectivity index (χ1v) is 8.30. The predicted molar refractivity (Wildman–Crippen MR) is 77.2 cm³/mol. The number of hydrogen-bond donors (Lipinski definition) is 1. The fourth-order valence-electron chi connectivity index (χ4n) is 2.13. The number of aromatic nitrogens is 1. The first-order chi connectivity index (χ1) is 10.3. The molecule has 1 aliphatic heterocycles. The van der Waals surface area contributed by atoms with E-state index in [1.807, 2.05) is 0 Å². The fourth-order valence-corrected chi connectivity index (χ4v) is 3.30. The van der Waals surface area contributed by atoms with Crippen LogP contribution in [-0.2, 0) is 14.8 Å². The van der Waals surface area contributed by atoms with Crippen LogP contribution in [0.15, 0.2) is 18.5 Å². The summed E-state index contributed by atoms with van der Waals surface area (Å²) in [6.07, 6.45) is 2.25. The lowest BCUT2D eigenvalue weighted by Crippen LogP contribution is -2.43. The number of amides is 1. The summed E-state index contributed by atoms with van der Waals surface area (Å²) < 4.78 is 43.3. The smallest absolute Gasteiger partial charge is 0.253 e. The Bertz CT molecular complexity index is 650. The van der Waals surface area contributed by atoms with E-state index < -0.39 is 27.8 Å². The Morgan fingerprint density at radius 3 is 2.82 bits per heavy atom. The van der Waals surface area contributed by atoms with Gasteiger partial charge in [0, 0.05) is 26.2 Å². The van der Waals surface area contributed by atoms with Crippen molar-refractivity contribution in [3.8, 4) is 0 Å². The molecule has 1 aliphatic rings. The number of pyridine rings is 1. The molecule has 0 aromatic carbocycles. The summed E-state index contributed by atoms with van der Waals surface area (Å²) in [5.74, 6) is -1.58. The number of carbonyl (C=O) groups excluding carboxylic acids is 1. The van der Waals surface area contributed by atoms with E-state index in [9.17, 15) is 17.6 Å². The average Bonchev–Trinajstić information content (AvgIpc) is 2.85. The molecule has 7 nitrogen and oxygen atoms in total. The summed E-state index contributed by atoms with van der Waals surface area (Å²) in [5.41, 5.74) is 0.0844. The molecule has 1 fully saturated rings. The van der Waals surface area contributed by atoms with E-state index in [4.69, 9.17) is 4.74 Å². The maximum absolute atomic E-state index is 13.1. The van der Waals surface area contributed by atoms with Crippen LogP contribution in [0.1, 0.15) is 10.4 Å². The van der Waals surface area contributed by atoms with Gasteiger partial charge in [0.05, 0.1) is 36.8 Å². The Morgan fingerprint density at radius 2 is 2.18 bits per heavy atom. The molecular formula is C13H18FN3O4S. The lowest BCUT2D eigenvalue weighted by atomic mass is 10.1. The van der Waals surface area contributed by atoms with Gasteiger partial charge >= 0.3 is 0 Å². The zero-order chi connectivity index (χ0) is 16.3. The molecule has 2 atom stereocenters. The summed E-state index contributed by atoms with van der Waals surface area (Å²) >= 11 is 0. The maximum Gasteiger partial charge on any atom is 0.253 e. The Balaban J connectivity index is 2.04. The molecule has 0 spiro atoms. The third-order valence-electron chi connectivity index (χ3n) is 3.46. The van der Waals surface area contributed by atoms with Gasteiger partial charge in [-0.1, -0.05) is 0 Å². The Hall–Kier alpha value is -1.58. The Kier molecular flexibility index (Phi) is 5.09. The van der Waals surface area contributed by atoms with Crippen LogP contribution >= 0.6 is 0 Å². The van der Waals surface area contributed by atoms with E-state index in [2.05, 4.69) is 10.3 Å². The van der Waals surface area contributed by atoms with Gasteiger partial charge < -0.3 is 10.1 Å². The van der Waals surface area contributed by atoms with E-state index in [1.165, 1.54) is 20.3 Å². The van der Waals surface area contributed by atoms with Crippen LogP contribution in [0.3, 0.4) is 0 Å². The summed E-state index contributed by atoms with van der Waals surface area (Å²) in [5, 5.41) is 2.68. The third kappa shape index (κ3) is 3.99. The highest BCUT2D eigenvalue weighted by Gasteiger charge is 2.34. The zero-order valence-electron chi connectivity index (χ0n) is 12.3. The molecule has 0 unspecified atom stereocenters. The Labute approximate surface area is 128 Å². The highest BCUT2D eigenvalue weighted by Crippen LogP contribution is 2.17. The summed E-state index contributed by atoms with van der Waals surface area (Å²) in [7, 11) is -0.481. The molecule has 2 heterocycles. The molecular weight excluding hydrogens is 313 g/mol. The second-order valence-electron chi connectivity index (χ2n) is 5.33. The van der Waals surface area contributed by atoms with Crippen molar-refractivity contribution in [3.05, 3.63) is 29.8 Å². The molecule has 22 heavy (non-hydrogen) atoms. The first-order valence-electron chi connectivity index (χ1n) is 6.69. The summed E-state index contributed by atoms with van der Waals surface area (Å²) in [4.78, 5) is 15.7. The minimum Gasteiger partial charge on any atom is -0.379 e. The molecule has 1 saturated heterocycles. The zero-order valence-corrected chi connectivity index (χ0v) is 13.1. The number of halogens is 1. The molecule has 0 aliphatic carbocycles. The van der Waals surface area contributed by atoms with Crippen molar-refractivity contribution in [2.75, 3.05) is 33.1 Å². The van der Waals surface area contributed by atoms with Crippen LogP contribution in [0.25, 0.3) is 0 Å². The monoisotopic (exact) mass is 331 g/mol. The molecule has 2 rings (SSSR count).